The van der Waals surface area contributed by atoms with Crippen LogP contribution in [0.2, 0.25) is 0 Å². The number of ether oxygens (including phenoxy) is 2. The third-order valence-corrected chi connectivity index (χ3v) is 13.4. The number of aromatic nitrogens is 8. The summed E-state index contributed by atoms with van der Waals surface area (Å²) in [5.41, 5.74) is 5.91. The Bertz CT molecular complexity index is 3180. The van der Waals surface area contributed by atoms with Crippen molar-refractivity contribution in [2.75, 3.05) is 72.9 Å². The number of nitrogens with one attached hydrogen (secondary N) is 2. The maximum absolute atomic E-state index is 12.4. The highest BCUT2D eigenvalue weighted by Gasteiger charge is 2.27. The third kappa shape index (κ3) is 11.7. The maximum atomic E-state index is 12.4. The van der Waals surface area contributed by atoms with Crippen LogP contribution in [0, 0.1) is 0 Å². The minimum atomic E-state index is -0.482. The highest BCUT2D eigenvalue weighted by molar-refractivity contribution is 5.79. The van der Waals surface area contributed by atoms with Gasteiger partial charge in [0.25, 0.3) is 0 Å². The molecule has 11 rings (SSSR count). The van der Waals surface area contributed by atoms with Crippen LogP contribution in [0.25, 0.3) is 33.8 Å². The van der Waals surface area contributed by atoms with E-state index >= 15 is 0 Å². The molecular weight excluding hydrogens is 921 g/mol. The summed E-state index contributed by atoms with van der Waals surface area (Å²) in [5, 5.41) is 26.2. The molecule has 18 nitrogen and oxygen atoms in total. The van der Waals surface area contributed by atoms with Gasteiger partial charge in [0.1, 0.15) is 47.0 Å². The van der Waals surface area contributed by atoms with Gasteiger partial charge in [0.15, 0.2) is 11.3 Å². The molecule has 73 heavy (non-hydrogen) atoms. The molecule has 378 valence electrons. The van der Waals surface area contributed by atoms with Crippen molar-refractivity contribution >= 4 is 52.0 Å². The Labute approximate surface area is 425 Å². The zero-order chi connectivity index (χ0) is 50.5. The first-order valence-corrected chi connectivity index (χ1v) is 25.3. The Kier molecular flexibility index (Phi) is 14.2. The fraction of sp³-hybridized carbons (Fsp3) is 0.364. The smallest absolute Gasteiger partial charge is 0.410 e. The van der Waals surface area contributed by atoms with Gasteiger partial charge in [-0.2, -0.15) is 10.2 Å². The second-order valence-electron chi connectivity index (χ2n) is 19.9. The number of carbonyl (C=O) groups excluding carboxylic acids is 1. The molecular formula is C55H64N14O4. The van der Waals surface area contributed by atoms with Gasteiger partial charge in [0, 0.05) is 93.8 Å². The van der Waals surface area contributed by atoms with E-state index in [0.29, 0.717) is 31.8 Å². The number of hydrogen-bond acceptors (Lipinski definition) is 15. The number of phenolic OH excluding ortho intramolecular Hbond substituents is 1. The SMILES string of the molecule is CC1CCCN1c1cccc(Nc2cc(-c3cccc(O)c3)nn3ccnc23)n1.CC1CCCN1c1cccc(Nc2cc(-c3cccc(OCCN4CCN(C(=O)OC(C)(C)C)CC4)c3)nn3ccnc23)n1. The predicted octanol–water partition coefficient (Wildman–Crippen LogP) is 9.68. The second-order valence-corrected chi connectivity index (χ2v) is 19.9. The monoisotopic (exact) mass is 985 g/mol. The van der Waals surface area contributed by atoms with Crippen LogP contribution in [0.1, 0.15) is 60.3 Å². The normalized spacial score (nSPS) is 17.2. The van der Waals surface area contributed by atoms with E-state index in [9.17, 15) is 9.90 Å². The molecule has 6 aromatic heterocycles. The molecule has 0 aliphatic carbocycles. The van der Waals surface area contributed by atoms with Crippen LogP contribution in [0.5, 0.6) is 11.5 Å². The number of fused-ring (bicyclic) bond motifs is 2. The summed E-state index contributed by atoms with van der Waals surface area (Å²) < 4.78 is 15.2. The van der Waals surface area contributed by atoms with Crippen LogP contribution in [0.3, 0.4) is 0 Å². The van der Waals surface area contributed by atoms with Crippen LogP contribution in [-0.2, 0) is 4.74 Å². The molecule has 2 unspecified atom stereocenters. The molecule has 0 radical (unpaired) electrons. The van der Waals surface area contributed by atoms with Crippen molar-refractivity contribution in [3.05, 3.63) is 122 Å². The van der Waals surface area contributed by atoms with Gasteiger partial charge in [-0.3, -0.25) is 4.90 Å². The number of amides is 1. The summed E-state index contributed by atoms with van der Waals surface area (Å²) in [6.07, 6.45) is 11.7. The number of carbonyl (C=O) groups is 1. The van der Waals surface area contributed by atoms with E-state index in [-0.39, 0.29) is 11.8 Å². The third-order valence-electron chi connectivity index (χ3n) is 13.4. The van der Waals surface area contributed by atoms with Crippen molar-refractivity contribution in [2.24, 2.45) is 0 Å². The summed E-state index contributed by atoms with van der Waals surface area (Å²) in [6, 6.07) is 32.2. The zero-order valence-electron chi connectivity index (χ0n) is 42.2. The second kappa shape index (κ2) is 21.4. The number of nitrogens with zero attached hydrogens (tertiary/aromatic N) is 12. The predicted molar refractivity (Wildman–Crippen MR) is 285 cm³/mol. The standard InChI is InChI=1S/C33H42N8O3.C22H22N6O/c1-24-8-7-14-40(24)30-12-6-11-29(36-30)35-28-23-27(37-41-15-13-34-31(28)41)25-9-5-10-26(22-25)43-21-20-38-16-18-39(19-17-38)32(42)44-33(2,3)4;1-15-5-4-11-27(15)21-9-3-8-20(25-21)24-19-14-18(16-6-2-7-17(29)13-16)26-28-12-10-23-22(19)28/h5-6,9-13,15,22-24H,7-8,14,16-21H2,1-4H3,(H,35,36);2-3,6-10,12-15,29H,4-5,11H2,1H3,(H,24,25). The molecule has 2 atom stereocenters. The largest absolute Gasteiger partial charge is 0.508 e. The van der Waals surface area contributed by atoms with Gasteiger partial charge < -0.3 is 39.9 Å². The average Bonchev–Trinajstić information content (AvgIpc) is 4.23. The van der Waals surface area contributed by atoms with E-state index in [4.69, 9.17) is 24.5 Å². The minimum Gasteiger partial charge on any atom is -0.508 e. The van der Waals surface area contributed by atoms with Gasteiger partial charge in [-0.05, 0) is 121 Å². The van der Waals surface area contributed by atoms with Gasteiger partial charge in [0.05, 0.1) is 22.8 Å². The summed E-state index contributed by atoms with van der Waals surface area (Å²) in [5.74, 6) is 4.50. The highest BCUT2D eigenvalue weighted by Crippen LogP contribution is 2.32. The van der Waals surface area contributed by atoms with Crippen molar-refractivity contribution in [1.82, 2.24) is 49.0 Å². The van der Waals surface area contributed by atoms with E-state index in [2.05, 4.69) is 66.4 Å². The molecule has 0 bridgehead atoms. The fourth-order valence-electron chi connectivity index (χ4n) is 9.61. The van der Waals surface area contributed by atoms with Crippen LogP contribution in [-0.4, -0.2) is 130 Å². The molecule has 3 aliphatic heterocycles. The Morgan fingerprint density at radius 2 is 1.21 bits per heavy atom. The van der Waals surface area contributed by atoms with Gasteiger partial charge >= 0.3 is 6.09 Å². The molecule has 3 saturated heterocycles. The van der Waals surface area contributed by atoms with Crippen molar-refractivity contribution in [3.8, 4) is 34.0 Å². The molecule has 3 fully saturated rings. The minimum absolute atomic E-state index is 0.207. The Hall–Kier alpha value is -7.99. The van der Waals surface area contributed by atoms with Crippen molar-refractivity contribution in [2.45, 2.75) is 78.0 Å². The van der Waals surface area contributed by atoms with Crippen LogP contribution < -0.4 is 25.2 Å². The van der Waals surface area contributed by atoms with Crippen molar-refractivity contribution in [3.63, 3.8) is 0 Å². The molecule has 3 N–H and O–H groups in total. The molecule has 2 aromatic carbocycles. The lowest BCUT2D eigenvalue weighted by Crippen LogP contribution is -2.50. The number of anilines is 6. The highest BCUT2D eigenvalue weighted by atomic mass is 16.6. The molecule has 3 aliphatic rings. The van der Waals surface area contributed by atoms with Crippen LogP contribution >= 0.6 is 0 Å². The number of benzene rings is 2. The summed E-state index contributed by atoms with van der Waals surface area (Å²) >= 11 is 0. The average molecular weight is 985 g/mol. The first kappa shape index (κ1) is 48.6. The van der Waals surface area contributed by atoms with Crippen molar-refractivity contribution in [1.29, 1.82) is 0 Å². The van der Waals surface area contributed by atoms with E-state index in [0.717, 1.165) is 107 Å². The molecule has 9 heterocycles. The van der Waals surface area contributed by atoms with Gasteiger partial charge in [-0.15, -0.1) is 0 Å². The van der Waals surface area contributed by atoms with E-state index in [1.807, 2.05) is 99.9 Å². The molecule has 1 amide bonds. The molecule has 0 saturated carbocycles. The summed E-state index contributed by atoms with van der Waals surface area (Å²) in [4.78, 5) is 39.9. The molecule has 8 aromatic rings. The lowest BCUT2D eigenvalue weighted by atomic mass is 10.1. The maximum Gasteiger partial charge on any atom is 0.410 e. The first-order valence-electron chi connectivity index (χ1n) is 25.3. The fourth-order valence-corrected chi connectivity index (χ4v) is 9.61. The first-order chi connectivity index (χ1) is 35.4. The Morgan fingerprint density at radius 3 is 1.73 bits per heavy atom. The lowest BCUT2D eigenvalue weighted by Gasteiger charge is -2.35. The lowest BCUT2D eigenvalue weighted by molar-refractivity contribution is 0.0137. The number of phenols is 1. The van der Waals surface area contributed by atoms with Crippen LogP contribution in [0.4, 0.5) is 39.4 Å². The number of rotatable bonds is 12. The van der Waals surface area contributed by atoms with E-state index in [1.165, 1.54) is 25.7 Å². The van der Waals surface area contributed by atoms with Gasteiger partial charge in [-0.25, -0.2) is 33.8 Å². The van der Waals surface area contributed by atoms with Gasteiger partial charge in [-0.1, -0.05) is 36.4 Å². The zero-order valence-corrected chi connectivity index (χ0v) is 42.2. The molecule has 18 heteroatoms. The number of hydrogen-bond donors (Lipinski definition) is 3. The number of piperazine rings is 1. The van der Waals surface area contributed by atoms with E-state index < -0.39 is 5.60 Å². The van der Waals surface area contributed by atoms with Gasteiger partial charge in [0.2, 0.25) is 0 Å². The summed E-state index contributed by atoms with van der Waals surface area (Å²) in [6.45, 7) is 16.5. The quantitative estimate of drug-likeness (QED) is 0.105. The van der Waals surface area contributed by atoms with E-state index in [1.54, 1.807) is 44.5 Å². The Balaban J connectivity index is 0.000000182. The number of pyridine rings is 2. The summed E-state index contributed by atoms with van der Waals surface area (Å²) in [7, 11) is 0. The number of imidazole rings is 2. The Morgan fingerprint density at radius 1 is 0.671 bits per heavy atom. The van der Waals surface area contributed by atoms with Crippen LogP contribution in [0.15, 0.2) is 122 Å². The van der Waals surface area contributed by atoms with Crippen molar-refractivity contribution < 1.29 is 19.4 Å². The topological polar surface area (TPSA) is 179 Å². The number of aromatic hydroxyl groups is 1. The molecule has 0 spiro atoms.